The molecule has 0 aliphatic heterocycles. The van der Waals surface area contributed by atoms with Crippen molar-refractivity contribution in [3.05, 3.63) is 52.0 Å². The Morgan fingerprint density at radius 2 is 2.22 bits per heavy atom. The minimum atomic E-state index is -0.0625. The monoisotopic (exact) mass is 261 g/mol. The lowest BCUT2D eigenvalue weighted by Crippen LogP contribution is -2.24. The maximum atomic E-state index is 12.1. The van der Waals surface area contributed by atoms with Crippen molar-refractivity contribution in [2.75, 3.05) is 6.54 Å². The molecule has 0 aliphatic rings. The standard InChI is InChI=1S/C13H15N3OS/c14-6-5-10-3-1-2-4-12(10)13(17)16-8-11-7-15-9-18-11/h1-4,7,9H,5-6,8,14H2,(H,16,17). The van der Waals surface area contributed by atoms with Gasteiger partial charge in [-0.25, -0.2) is 0 Å². The fraction of sp³-hybridized carbons (Fsp3) is 0.231. The molecule has 2 rings (SSSR count). The summed E-state index contributed by atoms with van der Waals surface area (Å²) in [6, 6.07) is 7.55. The number of rotatable bonds is 5. The van der Waals surface area contributed by atoms with Crippen molar-refractivity contribution in [3.63, 3.8) is 0 Å². The van der Waals surface area contributed by atoms with Gasteiger partial charge in [-0.3, -0.25) is 9.78 Å². The molecular formula is C13H15N3OS. The number of carbonyl (C=O) groups excluding carboxylic acids is 1. The molecule has 5 heteroatoms. The molecule has 3 N–H and O–H groups in total. The number of nitrogens with one attached hydrogen (secondary N) is 1. The van der Waals surface area contributed by atoms with Crippen molar-refractivity contribution in [2.24, 2.45) is 5.73 Å². The van der Waals surface area contributed by atoms with Gasteiger partial charge >= 0.3 is 0 Å². The van der Waals surface area contributed by atoms with Crippen LogP contribution in [0.4, 0.5) is 0 Å². The van der Waals surface area contributed by atoms with E-state index in [1.165, 1.54) is 11.3 Å². The number of amides is 1. The predicted molar refractivity (Wildman–Crippen MR) is 72.5 cm³/mol. The van der Waals surface area contributed by atoms with Crippen LogP contribution in [0.15, 0.2) is 36.0 Å². The number of thiazole rings is 1. The molecule has 0 fully saturated rings. The van der Waals surface area contributed by atoms with Gasteiger partial charge in [0.05, 0.1) is 12.1 Å². The average molecular weight is 261 g/mol. The van der Waals surface area contributed by atoms with E-state index in [9.17, 15) is 4.79 Å². The van der Waals surface area contributed by atoms with Crippen molar-refractivity contribution in [3.8, 4) is 0 Å². The van der Waals surface area contributed by atoms with Gasteiger partial charge in [0.25, 0.3) is 5.91 Å². The molecular weight excluding hydrogens is 246 g/mol. The highest BCUT2D eigenvalue weighted by Gasteiger charge is 2.10. The normalized spacial score (nSPS) is 10.3. The van der Waals surface area contributed by atoms with Crippen LogP contribution < -0.4 is 11.1 Å². The van der Waals surface area contributed by atoms with Gasteiger partial charge in [0.1, 0.15) is 0 Å². The van der Waals surface area contributed by atoms with E-state index in [-0.39, 0.29) is 5.91 Å². The maximum Gasteiger partial charge on any atom is 0.251 e. The lowest BCUT2D eigenvalue weighted by atomic mass is 10.0. The van der Waals surface area contributed by atoms with Crippen molar-refractivity contribution in [1.29, 1.82) is 0 Å². The van der Waals surface area contributed by atoms with E-state index in [4.69, 9.17) is 5.73 Å². The predicted octanol–water partition coefficient (Wildman–Crippen LogP) is 1.57. The molecule has 1 aromatic carbocycles. The topological polar surface area (TPSA) is 68.0 Å². The molecule has 0 radical (unpaired) electrons. The Balaban J connectivity index is 2.04. The van der Waals surface area contributed by atoms with E-state index in [1.807, 2.05) is 24.3 Å². The van der Waals surface area contributed by atoms with Crippen LogP contribution in [0.2, 0.25) is 0 Å². The van der Waals surface area contributed by atoms with Crippen LogP contribution in [0.5, 0.6) is 0 Å². The van der Waals surface area contributed by atoms with Gasteiger partial charge in [-0.15, -0.1) is 11.3 Å². The van der Waals surface area contributed by atoms with Crippen LogP contribution in [0.25, 0.3) is 0 Å². The highest BCUT2D eigenvalue weighted by molar-refractivity contribution is 7.09. The van der Waals surface area contributed by atoms with Gasteiger partial charge in [-0.2, -0.15) is 0 Å². The Kier molecular flexibility index (Phi) is 4.44. The van der Waals surface area contributed by atoms with Gasteiger partial charge < -0.3 is 11.1 Å². The summed E-state index contributed by atoms with van der Waals surface area (Å²) in [5, 5.41) is 2.89. The number of hydrogen-bond acceptors (Lipinski definition) is 4. The lowest BCUT2D eigenvalue weighted by molar-refractivity contribution is 0.0950. The second kappa shape index (κ2) is 6.28. The van der Waals surface area contributed by atoms with Gasteiger partial charge in [0.2, 0.25) is 0 Å². The van der Waals surface area contributed by atoms with Gasteiger partial charge in [0, 0.05) is 16.6 Å². The number of carbonyl (C=O) groups is 1. The van der Waals surface area contributed by atoms with E-state index in [1.54, 1.807) is 11.7 Å². The van der Waals surface area contributed by atoms with Crippen LogP contribution in [-0.2, 0) is 13.0 Å². The molecule has 94 valence electrons. The number of hydrogen-bond donors (Lipinski definition) is 2. The van der Waals surface area contributed by atoms with E-state index in [2.05, 4.69) is 10.3 Å². The van der Waals surface area contributed by atoms with E-state index >= 15 is 0 Å². The minimum absolute atomic E-state index is 0.0625. The largest absolute Gasteiger partial charge is 0.347 e. The third kappa shape index (κ3) is 3.15. The van der Waals surface area contributed by atoms with Crippen molar-refractivity contribution in [1.82, 2.24) is 10.3 Å². The molecule has 0 bridgehead atoms. The number of benzene rings is 1. The van der Waals surface area contributed by atoms with Crippen molar-refractivity contribution < 1.29 is 4.79 Å². The molecule has 18 heavy (non-hydrogen) atoms. The quantitative estimate of drug-likeness (QED) is 0.858. The van der Waals surface area contributed by atoms with Crippen LogP contribution in [0.1, 0.15) is 20.8 Å². The van der Waals surface area contributed by atoms with E-state index in [0.29, 0.717) is 25.1 Å². The zero-order valence-corrected chi connectivity index (χ0v) is 10.7. The number of aromatic nitrogens is 1. The Morgan fingerprint density at radius 3 is 2.94 bits per heavy atom. The second-order valence-electron chi connectivity index (χ2n) is 3.85. The molecule has 1 amide bonds. The van der Waals surface area contributed by atoms with Gasteiger partial charge in [0.15, 0.2) is 0 Å². The summed E-state index contributed by atoms with van der Waals surface area (Å²) < 4.78 is 0. The first kappa shape index (κ1) is 12.7. The number of nitrogens with zero attached hydrogens (tertiary/aromatic N) is 1. The molecule has 0 spiro atoms. The summed E-state index contributed by atoms with van der Waals surface area (Å²) in [5.41, 5.74) is 8.99. The van der Waals surface area contributed by atoms with Crippen LogP contribution >= 0.6 is 11.3 Å². The molecule has 2 aromatic rings. The first-order valence-electron chi connectivity index (χ1n) is 5.75. The summed E-state index contributed by atoms with van der Waals surface area (Å²) in [6.45, 7) is 1.06. The third-order valence-electron chi connectivity index (χ3n) is 2.58. The summed E-state index contributed by atoms with van der Waals surface area (Å²) >= 11 is 1.53. The third-order valence-corrected chi connectivity index (χ3v) is 3.36. The minimum Gasteiger partial charge on any atom is -0.347 e. The van der Waals surface area contributed by atoms with Crippen LogP contribution in [-0.4, -0.2) is 17.4 Å². The average Bonchev–Trinajstić information content (AvgIpc) is 2.90. The van der Waals surface area contributed by atoms with Crippen LogP contribution in [0.3, 0.4) is 0 Å². The molecule has 0 saturated carbocycles. The summed E-state index contributed by atoms with van der Waals surface area (Å²) in [7, 11) is 0. The molecule has 1 aromatic heterocycles. The smallest absolute Gasteiger partial charge is 0.251 e. The molecule has 4 nitrogen and oxygen atoms in total. The Bertz CT molecular complexity index is 511. The van der Waals surface area contributed by atoms with Crippen LogP contribution in [0, 0.1) is 0 Å². The molecule has 0 saturated heterocycles. The maximum absolute atomic E-state index is 12.1. The zero-order chi connectivity index (χ0) is 12.8. The first-order chi connectivity index (χ1) is 8.81. The molecule has 0 unspecified atom stereocenters. The summed E-state index contributed by atoms with van der Waals surface area (Å²) in [5.74, 6) is -0.0625. The summed E-state index contributed by atoms with van der Waals surface area (Å²) in [6.07, 6.45) is 2.47. The molecule has 0 aliphatic carbocycles. The zero-order valence-electron chi connectivity index (χ0n) is 9.93. The first-order valence-corrected chi connectivity index (χ1v) is 6.62. The Hall–Kier alpha value is -1.72. The molecule has 1 heterocycles. The van der Waals surface area contributed by atoms with Crippen molar-refractivity contribution in [2.45, 2.75) is 13.0 Å². The fourth-order valence-electron chi connectivity index (χ4n) is 1.71. The van der Waals surface area contributed by atoms with Crippen molar-refractivity contribution >= 4 is 17.2 Å². The van der Waals surface area contributed by atoms with E-state index in [0.717, 1.165) is 10.4 Å². The lowest BCUT2D eigenvalue weighted by Gasteiger charge is -2.08. The Labute approximate surface area is 110 Å². The number of nitrogens with two attached hydrogens (primary N) is 1. The molecule has 0 atom stereocenters. The highest BCUT2D eigenvalue weighted by Crippen LogP contribution is 2.10. The SMILES string of the molecule is NCCc1ccccc1C(=O)NCc1cncs1. The highest BCUT2D eigenvalue weighted by atomic mass is 32.1. The Morgan fingerprint density at radius 1 is 1.39 bits per heavy atom. The van der Waals surface area contributed by atoms with Gasteiger partial charge in [-0.05, 0) is 24.6 Å². The van der Waals surface area contributed by atoms with E-state index < -0.39 is 0 Å². The fourth-order valence-corrected chi connectivity index (χ4v) is 2.24. The van der Waals surface area contributed by atoms with Gasteiger partial charge in [-0.1, -0.05) is 18.2 Å². The summed E-state index contributed by atoms with van der Waals surface area (Å²) in [4.78, 5) is 17.1. The second-order valence-corrected chi connectivity index (χ2v) is 4.82.